The topological polar surface area (TPSA) is 83.3 Å². The van der Waals surface area contributed by atoms with Crippen molar-refractivity contribution < 1.29 is 18.7 Å². The van der Waals surface area contributed by atoms with E-state index in [9.17, 15) is 13.6 Å². The van der Waals surface area contributed by atoms with Crippen LogP contribution in [0.3, 0.4) is 0 Å². The first-order chi connectivity index (χ1) is 12.6. The quantitative estimate of drug-likeness (QED) is 0.802. The molecule has 1 saturated heterocycles. The molecule has 0 spiro atoms. The maximum Gasteiger partial charge on any atom is 0.273 e. The molecule has 2 aromatic rings. The van der Waals surface area contributed by atoms with Crippen molar-refractivity contribution in [3.05, 3.63) is 47.3 Å². The van der Waals surface area contributed by atoms with Crippen LogP contribution >= 0.6 is 0 Å². The maximum atomic E-state index is 13.4. The number of rotatable bonds is 6. The predicted octanol–water partition coefficient (Wildman–Crippen LogP) is 1.12. The highest BCUT2D eigenvalue weighted by atomic mass is 19.2. The van der Waals surface area contributed by atoms with E-state index in [1.165, 1.54) is 6.07 Å². The minimum absolute atomic E-state index is 0.0564. The SMILES string of the molecule is O=C(NCCO)c1cn(C2CCCN(Cc3ccc(F)c(F)c3)C2)nn1. The fourth-order valence-corrected chi connectivity index (χ4v) is 3.11. The summed E-state index contributed by atoms with van der Waals surface area (Å²) in [6.45, 7) is 2.08. The standard InChI is InChI=1S/C17H21F2N5O2/c18-14-4-3-12(8-15(14)19)9-23-6-1-2-13(10-23)24-11-16(21-22-24)17(26)20-5-7-25/h3-4,8,11,13,25H,1-2,5-7,9-10H2,(H,20,26). The minimum atomic E-state index is -0.847. The van der Waals surface area contributed by atoms with Crippen LogP contribution in [-0.4, -0.2) is 57.1 Å². The van der Waals surface area contributed by atoms with Gasteiger partial charge >= 0.3 is 0 Å². The third-order valence-corrected chi connectivity index (χ3v) is 4.39. The Morgan fingerprint density at radius 1 is 1.35 bits per heavy atom. The summed E-state index contributed by atoms with van der Waals surface area (Å²) in [5.74, 6) is -2.06. The number of hydrogen-bond acceptors (Lipinski definition) is 5. The molecule has 0 bridgehead atoms. The Morgan fingerprint density at radius 3 is 2.96 bits per heavy atom. The minimum Gasteiger partial charge on any atom is -0.395 e. The van der Waals surface area contributed by atoms with E-state index in [1.807, 2.05) is 0 Å². The third-order valence-electron chi connectivity index (χ3n) is 4.39. The number of aliphatic hydroxyl groups excluding tert-OH is 1. The van der Waals surface area contributed by atoms with E-state index < -0.39 is 11.6 Å². The van der Waals surface area contributed by atoms with Crippen LogP contribution in [0, 0.1) is 11.6 Å². The van der Waals surface area contributed by atoms with Gasteiger partial charge in [-0.1, -0.05) is 11.3 Å². The molecule has 1 aliphatic heterocycles. The molecule has 1 amide bonds. The van der Waals surface area contributed by atoms with Gasteiger partial charge in [-0.05, 0) is 37.1 Å². The van der Waals surface area contributed by atoms with Gasteiger partial charge in [-0.3, -0.25) is 9.69 Å². The molecule has 9 heteroatoms. The Hall–Kier alpha value is -2.39. The number of amides is 1. The number of aliphatic hydroxyl groups is 1. The number of carbonyl (C=O) groups excluding carboxylic acids is 1. The Morgan fingerprint density at radius 2 is 2.19 bits per heavy atom. The van der Waals surface area contributed by atoms with Crippen LogP contribution < -0.4 is 5.32 Å². The largest absolute Gasteiger partial charge is 0.395 e. The van der Waals surface area contributed by atoms with Crippen molar-refractivity contribution in [1.29, 1.82) is 0 Å². The normalized spacial score (nSPS) is 18.0. The van der Waals surface area contributed by atoms with Crippen molar-refractivity contribution in [3.8, 4) is 0 Å². The van der Waals surface area contributed by atoms with Crippen LogP contribution in [-0.2, 0) is 6.54 Å². The van der Waals surface area contributed by atoms with Gasteiger partial charge in [-0.25, -0.2) is 13.5 Å². The fourth-order valence-electron chi connectivity index (χ4n) is 3.11. The molecule has 1 atom stereocenters. The van der Waals surface area contributed by atoms with Gasteiger partial charge in [0, 0.05) is 19.6 Å². The molecule has 3 rings (SSSR count). The average molecular weight is 365 g/mol. The summed E-state index contributed by atoms with van der Waals surface area (Å²) < 4.78 is 28.1. The summed E-state index contributed by atoms with van der Waals surface area (Å²) in [6.07, 6.45) is 3.42. The van der Waals surface area contributed by atoms with E-state index in [-0.39, 0.29) is 30.8 Å². The lowest BCUT2D eigenvalue weighted by atomic mass is 10.0. The first kappa shape index (κ1) is 18.4. The highest BCUT2D eigenvalue weighted by Crippen LogP contribution is 2.22. The molecule has 0 radical (unpaired) electrons. The van der Waals surface area contributed by atoms with E-state index in [4.69, 9.17) is 5.11 Å². The van der Waals surface area contributed by atoms with Gasteiger partial charge in [0.05, 0.1) is 18.8 Å². The molecule has 0 saturated carbocycles. The van der Waals surface area contributed by atoms with E-state index >= 15 is 0 Å². The molecule has 1 aliphatic rings. The van der Waals surface area contributed by atoms with Crippen molar-refractivity contribution in [2.24, 2.45) is 0 Å². The second kappa shape index (κ2) is 8.33. The van der Waals surface area contributed by atoms with Crippen molar-refractivity contribution in [2.75, 3.05) is 26.2 Å². The molecule has 140 valence electrons. The van der Waals surface area contributed by atoms with E-state index in [1.54, 1.807) is 16.9 Å². The number of likely N-dealkylation sites (tertiary alicyclic amines) is 1. The van der Waals surface area contributed by atoms with E-state index in [0.29, 0.717) is 18.7 Å². The summed E-state index contributed by atoms with van der Waals surface area (Å²) in [4.78, 5) is 14.0. The summed E-state index contributed by atoms with van der Waals surface area (Å²) in [6, 6.07) is 4.00. The second-order valence-electron chi connectivity index (χ2n) is 6.34. The Kier molecular flexibility index (Phi) is 5.89. The van der Waals surface area contributed by atoms with E-state index in [2.05, 4.69) is 20.5 Å². The van der Waals surface area contributed by atoms with Crippen LogP contribution in [0.25, 0.3) is 0 Å². The zero-order valence-electron chi connectivity index (χ0n) is 14.2. The lowest BCUT2D eigenvalue weighted by Crippen LogP contribution is -2.36. The number of halogens is 2. The Labute approximate surface area is 149 Å². The number of hydrogen-bond donors (Lipinski definition) is 2. The van der Waals surface area contributed by atoms with Gasteiger partial charge in [-0.2, -0.15) is 0 Å². The van der Waals surface area contributed by atoms with E-state index in [0.717, 1.165) is 25.5 Å². The summed E-state index contributed by atoms with van der Waals surface area (Å²) in [5.41, 5.74) is 0.920. The number of benzene rings is 1. The lowest BCUT2D eigenvalue weighted by Gasteiger charge is -2.32. The van der Waals surface area contributed by atoms with Crippen molar-refractivity contribution >= 4 is 5.91 Å². The molecule has 1 unspecified atom stereocenters. The van der Waals surface area contributed by atoms with Gasteiger partial charge in [0.2, 0.25) is 0 Å². The number of nitrogens with zero attached hydrogens (tertiary/aromatic N) is 4. The zero-order valence-corrected chi connectivity index (χ0v) is 14.2. The molecular weight excluding hydrogens is 344 g/mol. The molecule has 1 aromatic carbocycles. The number of aromatic nitrogens is 3. The number of nitrogens with one attached hydrogen (secondary N) is 1. The second-order valence-corrected chi connectivity index (χ2v) is 6.34. The van der Waals surface area contributed by atoms with Gasteiger partial charge in [0.1, 0.15) is 0 Å². The monoisotopic (exact) mass is 365 g/mol. The predicted molar refractivity (Wildman–Crippen MR) is 89.3 cm³/mol. The highest BCUT2D eigenvalue weighted by molar-refractivity contribution is 5.91. The fraction of sp³-hybridized carbons (Fsp3) is 0.471. The molecule has 2 heterocycles. The lowest BCUT2D eigenvalue weighted by molar-refractivity contribution is 0.0939. The molecule has 1 fully saturated rings. The van der Waals surface area contributed by atoms with Crippen LogP contribution in [0.1, 0.15) is 34.9 Å². The van der Waals surface area contributed by atoms with Crippen LogP contribution in [0.2, 0.25) is 0 Å². The molecule has 7 nitrogen and oxygen atoms in total. The molecular formula is C17H21F2N5O2. The number of carbonyl (C=O) groups is 1. The van der Waals surface area contributed by atoms with Crippen molar-refractivity contribution in [3.63, 3.8) is 0 Å². The Balaban J connectivity index is 1.62. The summed E-state index contributed by atoms with van der Waals surface area (Å²) >= 11 is 0. The van der Waals surface area contributed by atoms with Crippen LogP contribution in [0.15, 0.2) is 24.4 Å². The van der Waals surface area contributed by atoms with Crippen molar-refractivity contribution in [2.45, 2.75) is 25.4 Å². The third kappa shape index (κ3) is 4.41. The maximum absolute atomic E-state index is 13.4. The molecule has 1 aromatic heterocycles. The first-order valence-electron chi connectivity index (χ1n) is 8.54. The van der Waals surface area contributed by atoms with Gasteiger partial charge in [0.15, 0.2) is 17.3 Å². The molecule has 0 aliphatic carbocycles. The smallest absolute Gasteiger partial charge is 0.273 e. The number of piperidine rings is 1. The summed E-state index contributed by atoms with van der Waals surface area (Å²) in [7, 11) is 0. The van der Waals surface area contributed by atoms with Gasteiger partial charge in [0.25, 0.3) is 5.91 Å². The first-order valence-corrected chi connectivity index (χ1v) is 8.54. The van der Waals surface area contributed by atoms with Gasteiger partial charge in [-0.15, -0.1) is 5.10 Å². The highest BCUT2D eigenvalue weighted by Gasteiger charge is 2.23. The zero-order chi connectivity index (χ0) is 18.5. The molecule has 2 N–H and O–H groups in total. The summed E-state index contributed by atoms with van der Waals surface area (Å²) in [5, 5.41) is 19.2. The van der Waals surface area contributed by atoms with Crippen molar-refractivity contribution in [1.82, 2.24) is 25.2 Å². The van der Waals surface area contributed by atoms with Crippen LogP contribution in [0.5, 0.6) is 0 Å². The molecule has 26 heavy (non-hydrogen) atoms. The van der Waals surface area contributed by atoms with Gasteiger partial charge < -0.3 is 10.4 Å². The van der Waals surface area contributed by atoms with Crippen LogP contribution in [0.4, 0.5) is 8.78 Å². The average Bonchev–Trinajstić information content (AvgIpc) is 3.13. The Bertz CT molecular complexity index is 767.